The number of hydrogen-bond donors (Lipinski definition) is 1. The molecule has 1 unspecified atom stereocenters. The van der Waals surface area contributed by atoms with Gasteiger partial charge < -0.3 is 14.2 Å². The monoisotopic (exact) mass is 416 g/mol. The molecule has 0 radical (unpaired) electrons. The second kappa shape index (κ2) is 7.94. The van der Waals surface area contributed by atoms with Crippen molar-refractivity contribution in [1.82, 2.24) is 19.9 Å². The van der Waals surface area contributed by atoms with Crippen LogP contribution in [0.25, 0.3) is 5.69 Å². The number of hydrogen-bond acceptors (Lipinski definition) is 7. The number of carbonyl (C=O) groups is 1. The molecule has 0 saturated carbocycles. The summed E-state index contributed by atoms with van der Waals surface area (Å²) in [6, 6.07) is 17.8. The molecule has 3 heterocycles. The second-order valence-electron chi connectivity index (χ2n) is 7.20. The van der Waals surface area contributed by atoms with Crippen LogP contribution in [0.4, 0.5) is 11.6 Å². The number of anilines is 2. The first-order valence-corrected chi connectivity index (χ1v) is 9.86. The van der Waals surface area contributed by atoms with E-state index < -0.39 is 6.10 Å². The number of aromatic nitrogens is 4. The highest BCUT2D eigenvalue weighted by Gasteiger charge is 2.31. The Kier molecular flexibility index (Phi) is 4.83. The molecule has 156 valence electrons. The molecule has 0 saturated heterocycles. The number of carbonyl (C=O) groups excluding carboxylic acids is 1. The van der Waals surface area contributed by atoms with Crippen LogP contribution in [0.15, 0.2) is 71.5 Å². The fraction of sp³-hybridized carbons (Fsp3) is 0.182. The molecular formula is C22H20N6O3. The molecule has 0 bridgehead atoms. The van der Waals surface area contributed by atoms with Gasteiger partial charge in [-0.15, -0.1) is 0 Å². The van der Waals surface area contributed by atoms with E-state index in [1.165, 1.54) is 0 Å². The van der Waals surface area contributed by atoms with Gasteiger partial charge in [0, 0.05) is 25.9 Å². The maximum Gasteiger partial charge on any atom is 0.270 e. The first-order chi connectivity index (χ1) is 15.2. The van der Waals surface area contributed by atoms with Crippen molar-refractivity contribution in [2.75, 3.05) is 16.8 Å². The van der Waals surface area contributed by atoms with E-state index in [0.29, 0.717) is 24.7 Å². The van der Waals surface area contributed by atoms with E-state index in [9.17, 15) is 4.79 Å². The van der Waals surface area contributed by atoms with Gasteiger partial charge in [0.25, 0.3) is 11.9 Å². The largest absolute Gasteiger partial charge is 0.477 e. The summed E-state index contributed by atoms with van der Waals surface area (Å²) in [4.78, 5) is 18.9. The average Bonchev–Trinajstić information content (AvgIpc) is 3.46. The Morgan fingerprint density at radius 3 is 2.74 bits per heavy atom. The van der Waals surface area contributed by atoms with Crippen molar-refractivity contribution >= 4 is 17.5 Å². The predicted octanol–water partition coefficient (Wildman–Crippen LogP) is 2.97. The molecule has 1 atom stereocenters. The fourth-order valence-electron chi connectivity index (χ4n) is 3.53. The standard InChI is InChI=1S/C22H20N6O3/c1-15-24-22(26-31-15)25-21(29)20-14-27(18-5-2-3-6-19(18)30-20)13-16-7-9-17(10-8-16)28-12-4-11-23-28/h2-12,20H,13-14H2,1H3,(H,25,26,29). The van der Waals surface area contributed by atoms with Crippen molar-refractivity contribution in [2.45, 2.75) is 19.6 Å². The quantitative estimate of drug-likeness (QED) is 0.534. The van der Waals surface area contributed by atoms with Crippen LogP contribution in [-0.4, -0.2) is 38.5 Å². The van der Waals surface area contributed by atoms with Crippen molar-refractivity contribution < 1.29 is 14.1 Å². The molecule has 1 N–H and O–H groups in total. The first-order valence-electron chi connectivity index (χ1n) is 9.86. The van der Waals surface area contributed by atoms with E-state index in [1.807, 2.05) is 53.3 Å². The van der Waals surface area contributed by atoms with Gasteiger partial charge in [0.1, 0.15) is 5.75 Å². The number of ether oxygens (including phenoxy) is 1. The van der Waals surface area contributed by atoms with Gasteiger partial charge in [-0.3, -0.25) is 10.1 Å². The van der Waals surface area contributed by atoms with Crippen LogP contribution in [-0.2, 0) is 11.3 Å². The Hall–Kier alpha value is -4.14. The first kappa shape index (κ1) is 18.9. The lowest BCUT2D eigenvalue weighted by molar-refractivity contribution is -0.122. The molecule has 1 aliphatic rings. The van der Waals surface area contributed by atoms with Crippen LogP contribution in [0.1, 0.15) is 11.5 Å². The number of nitrogens with zero attached hydrogens (tertiary/aromatic N) is 5. The van der Waals surface area contributed by atoms with E-state index in [1.54, 1.807) is 13.1 Å². The third-order valence-electron chi connectivity index (χ3n) is 5.00. The number of fused-ring (bicyclic) bond motifs is 1. The van der Waals surface area contributed by atoms with E-state index in [0.717, 1.165) is 16.9 Å². The molecule has 4 aromatic rings. The molecular weight excluding hydrogens is 396 g/mol. The van der Waals surface area contributed by atoms with Crippen molar-refractivity contribution in [1.29, 1.82) is 0 Å². The number of benzene rings is 2. The normalized spacial score (nSPS) is 15.3. The van der Waals surface area contributed by atoms with Gasteiger partial charge in [-0.1, -0.05) is 24.3 Å². The topological polar surface area (TPSA) is 98.3 Å². The number of amides is 1. The third kappa shape index (κ3) is 3.97. The SMILES string of the molecule is Cc1nc(NC(=O)C2CN(Cc3ccc(-n4cccn4)cc3)c3ccccc3O2)no1. The van der Waals surface area contributed by atoms with Crippen molar-refractivity contribution in [3.05, 3.63) is 78.4 Å². The summed E-state index contributed by atoms with van der Waals surface area (Å²) in [5.41, 5.74) is 3.04. The molecule has 2 aromatic carbocycles. The molecule has 2 aromatic heterocycles. The summed E-state index contributed by atoms with van der Waals surface area (Å²) in [6.45, 7) is 2.68. The molecule has 1 amide bonds. The molecule has 31 heavy (non-hydrogen) atoms. The van der Waals surface area contributed by atoms with Gasteiger partial charge in [-0.25, -0.2) is 4.68 Å². The highest BCUT2D eigenvalue weighted by atomic mass is 16.5. The molecule has 0 spiro atoms. The van der Waals surface area contributed by atoms with Gasteiger partial charge in [0.2, 0.25) is 5.89 Å². The van der Waals surface area contributed by atoms with Crippen LogP contribution in [0.3, 0.4) is 0 Å². The van der Waals surface area contributed by atoms with Crippen LogP contribution in [0, 0.1) is 6.92 Å². The second-order valence-corrected chi connectivity index (χ2v) is 7.20. The smallest absolute Gasteiger partial charge is 0.270 e. The van der Waals surface area contributed by atoms with E-state index in [-0.39, 0.29) is 11.9 Å². The Morgan fingerprint density at radius 1 is 1.16 bits per heavy atom. The number of aryl methyl sites for hydroxylation is 1. The van der Waals surface area contributed by atoms with E-state index in [2.05, 4.69) is 37.6 Å². The zero-order valence-corrected chi connectivity index (χ0v) is 16.8. The Bertz CT molecular complexity index is 1190. The minimum atomic E-state index is -0.711. The minimum Gasteiger partial charge on any atom is -0.477 e. The molecule has 9 nitrogen and oxygen atoms in total. The van der Waals surface area contributed by atoms with Crippen molar-refractivity contribution in [3.63, 3.8) is 0 Å². The molecule has 5 rings (SSSR count). The average molecular weight is 416 g/mol. The molecule has 9 heteroatoms. The summed E-state index contributed by atoms with van der Waals surface area (Å²) >= 11 is 0. The third-order valence-corrected chi connectivity index (χ3v) is 5.00. The van der Waals surface area contributed by atoms with Crippen LogP contribution in [0.2, 0.25) is 0 Å². The van der Waals surface area contributed by atoms with Gasteiger partial charge in [-0.05, 0) is 41.1 Å². The fourth-order valence-corrected chi connectivity index (χ4v) is 3.53. The summed E-state index contributed by atoms with van der Waals surface area (Å²) in [7, 11) is 0. The van der Waals surface area contributed by atoms with Crippen LogP contribution in [0.5, 0.6) is 5.75 Å². The zero-order valence-electron chi connectivity index (χ0n) is 16.8. The number of nitrogens with one attached hydrogen (secondary N) is 1. The number of rotatable bonds is 5. The number of para-hydroxylation sites is 2. The van der Waals surface area contributed by atoms with Crippen LogP contribution >= 0.6 is 0 Å². The summed E-state index contributed by atoms with van der Waals surface area (Å²) in [5.74, 6) is 0.844. The van der Waals surface area contributed by atoms with Gasteiger partial charge in [0.05, 0.1) is 17.9 Å². The lowest BCUT2D eigenvalue weighted by atomic mass is 10.1. The maximum absolute atomic E-state index is 12.8. The zero-order chi connectivity index (χ0) is 21.2. The molecule has 1 aliphatic heterocycles. The Labute approximate surface area is 178 Å². The van der Waals surface area contributed by atoms with Crippen molar-refractivity contribution in [2.24, 2.45) is 0 Å². The van der Waals surface area contributed by atoms with Crippen LogP contribution < -0.4 is 15.0 Å². The molecule has 0 fully saturated rings. The van der Waals surface area contributed by atoms with E-state index in [4.69, 9.17) is 9.26 Å². The lowest BCUT2D eigenvalue weighted by Crippen LogP contribution is -2.46. The summed E-state index contributed by atoms with van der Waals surface area (Å²) < 4.78 is 12.7. The molecule has 0 aliphatic carbocycles. The predicted molar refractivity (Wildman–Crippen MR) is 113 cm³/mol. The van der Waals surface area contributed by atoms with Crippen molar-refractivity contribution in [3.8, 4) is 11.4 Å². The van der Waals surface area contributed by atoms with Gasteiger partial charge >= 0.3 is 0 Å². The van der Waals surface area contributed by atoms with E-state index >= 15 is 0 Å². The van der Waals surface area contributed by atoms with Gasteiger partial charge in [0.15, 0.2) is 6.10 Å². The highest BCUT2D eigenvalue weighted by Crippen LogP contribution is 2.34. The van der Waals surface area contributed by atoms with Gasteiger partial charge in [-0.2, -0.15) is 10.1 Å². The summed E-state index contributed by atoms with van der Waals surface area (Å²) in [6.07, 6.45) is 2.94. The lowest BCUT2D eigenvalue weighted by Gasteiger charge is -2.35. The maximum atomic E-state index is 12.8. The summed E-state index contributed by atoms with van der Waals surface area (Å²) in [5, 5.41) is 10.6. The minimum absolute atomic E-state index is 0.130. The Morgan fingerprint density at radius 2 is 2.00 bits per heavy atom. The Balaban J connectivity index is 1.35. The highest BCUT2D eigenvalue weighted by molar-refractivity contribution is 5.94.